The summed E-state index contributed by atoms with van der Waals surface area (Å²) in [6.07, 6.45) is -0.297. The molecule has 0 saturated carbocycles. The van der Waals surface area contributed by atoms with Gasteiger partial charge in [-0.1, -0.05) is 30.3 Å². The Balaban J connectivity index is 2.69. The van der Waals surface area contributed by atoms with Gasteiger partial charge in [0.2, 0.25) is 10.0 Å². The third kappa shape index (κ3) is 5.07. The van der Waals surface area contributed by atoms with Crippen LogP contribution in [-0.2, 0) is 25.4 Å². The van der Waals surface area contributed by atoms with Crippen LogP contribution in [0.2, 0.25) is 0 Å². The van der Waals surface area contributed by atoms with Crippen molar-refractivity contribution >= 4 is 22.3 Å². The first-order valence-electron chi connectivity index (χ1n) is 5.14. The number of benzene rings is 1. The molecule has 2 N–H and O–H groups in total. The SMILES string of the molecule is O=C[C@H](CC(=O)O)NS(=O)(=O)Cc1ccccc1. The normalized spacial score (nSPS) is 12.9. The summed E-state index contributed by atoms with van der Waals surface area (Å²) in [7, 11) is -3.74. The van der Waals surface area contributed by atoms with E-state index in [1.165, 1.54) is 0 Å². The molecule has 0 aliphatic carbocycles. The molecule has 1 aromatic rings. The lowest BCUT2D eigenvalue weighted by atomic mass is 10.2. The Morgan fingerprint density at radius 2 is 1.94 bits per heavy atom. The van der Waals surface area contributed by atoms with Crippen molar-refractivity contribution in [2.45, 2.75) is 18.2 Å². The molecule has 18 heavy (non-hydrogen) atoms. The summed E-state index contributed by atoms with van der Waals surface area (Å²) in [5.74, 6) is -1.54. The highest BCUT2D eigenvalue weighted by Crippen LogP contribution is 2.05. The molecule has 6 nitrogen and oxygen atoms in total. The Hall–Kier alpha value is -1.73. The minimum atomic E-state index is -3.74. The molecule has 0 amide bonds. The van der Waals surface area contributed by atoms with Crippen LogP contribution in [0.3, 0.4) is 0 Å². The van der Waals surface area contributed by atoms with Gasteiger partial charge in [-0.3, -0.25) is 4.79 Å². The van der Waals surface area contributed by atoms with E-state index in [4.69, 9.17) is 5.11 Å². The molecule has 0 saturated heterocycles. The molecule has 98 valence electrons. The van der Waals surface area contributed by atoms with Crippen molar-refractivity contribution in [3.8, 4) is 0 Å². The summed E-state index contributed by atoms with van der Waals surface area (Å²) in [4.78, 5) is 21.0. The molecule has 0 aromatic heterocycles. The smallest absolute Gasteiger partial charge is 0.305 e. The molecule has 0 heterocycles. The van der Waals surface area contributed by atoms with E-state index in [-0.39, 0.29) is 12.0 Å². The summed E-state index contributed by atoms with van der Waals surface area (Å²) in [6, 6.07) is 7.16. The van der Waals surface area contributed by atoms with Crippen molar-refractivity contribution in [2.75, 3.05) is 0 Å². The lowest BCUT2D eigenvalue weighted by Crippen LogP contribution is -2.38. The number of rotatable bonds is 7. The molecule has 0 bridgehead atoms. The highest BCUT2D eigenvalue weighted by atomic mass is 32.2. The van der Waals surface area contributed by atoms with Gasteiger partial charge in [0.25, 0.3) is 0 Å². The highest BCUT2D eigenvalue weighted by molar-refractivity contribution is 7.88. The number of aliphatic carboxylic acids is 1. The standard InChI is InChI=1S/C11H13NO5S/c13-7-10(6-11(14)15)12-18(16,17)8-9-4-2-1-3-5-9/h1-5,7,10,12H,6,8H2,(H,14,15)/t10-/m0/s1. The number of carboxylic acids is 1. The number of carboxylic acid groups (broad SMARTS) is 1. The van der Waals surface area contributed by atoms with E-state index in [1.54, 1.807) is 30.3 Å². The van der Waals surface area contributed by atoms with Crippen LogP contribution in [0.25, 0.3) is 0 Å². The molecule has 1 rings (SSSR count). The van der Waals surface area contributed by atoms with Gasteiger partial charge in [-0.25, -0.2) is 13.1 Å². The zero-order chi connectivity index (χ0) is 13.6. The van der Waals surface area contributed by atoms with E-state index in [9.17, 15) is 18.0 Å². The lowest BCUT2D eigenvalue weighted by Gasteiger charge is -2.11. The second-order valence-corrected chi connectivity index (χ2v) is 5.46. The molecule has 0 aliphatic heterocycles. The van der Waals surface area contributed by atoms with E-state index in [0.29, 0.717) is 5.56 Å². The van der Waals surface area contributed by atoms with Gasteiger partial charge in [0.15, 0.2) is 0 Å². The Kier molecular flexibility index (Phi) is 4.99. The molecular weight excluding hydrogens is 258 g/mol. The number of hydrogen-bond donors (Lipinski definition) is 2. The summed E-state index contributed by atoms with van der Waals surface area (Å²) >= 11 is 0. The third-order valence-corrected chi connectivity index (χ3v) is 3.46. The monoisotopic (exact) mass is 271 g/mol. The molecular formula is C11H13NO5S. The van der Waals surface area contributed by atoms with Crippen LogP contribution in [-0.4, -0.2) is 31.8 Å². The highest BCUT2D eigenvalue weighted by Gasteiger charge is 2.20. The van der Waals surface area contributed by atoms with Gasteiger partial charge in [-0.05, 0) is 5.56 Å². The van der Waals surface area contributed by atoms with Crippen LogP contribution >= 0.6 is 0 Å². The van der Waals surface area contributed by atoms with Crippen LogP contribution < -0.4 is 4.72 Å². The predicted octanol–water partition coefficient (Wildman–Crippen LogP) is 0.148. The quantitative estimate of drug-likeness (QED) is 0.687. The van der Waals surface area contributed by atoms with Gasteiger partial charge in [0.05, 0.1) is 18.2 Å². The Bertz CT molecular complexity index is 511. The van der Waals surface area contributed by atoms with Gasteiger partial charge < -0.3 is 9.90 Å². The summed E-state index contributed by atoms with van der Waals surface area (Å²) in [5.41, 5.74) is 0.560. The summed E-state index contributed by atoms with van der Waals surface area (Å²) < 4.78 is 25.4. The number of aldehydes is 1. The fourth-order valence-corrected chi connectivity index (χ4v) is 2.69. The maximum atomic E-state index is 11.7. The zero-order valence-electron chi connectivity index (χ0n) is 9.44. The first-order chi connectivity index (χ1) is 8.43. The van der Waals surface area contributed by atoms with Crippen molar-refractivity contribution in [3.05, 3.63) is 35.9 Å². The topological polar surface area (TPSA) is 101 Å². The van der Waals surface area contributed by atoms with Crippen LogP contribution in [0.15, 0.2) is 30.3 Å². The van der Waals surface area contributed by atoms with Gasteiger partial charge in [-0.2, -0.15) is 0 Å². The number of carbonyl (C=O) groups excluding carboxylic acids is 1. The zero-order valence-corrected chi connectivity index (χ0v) is 10.3. The fourth-order valence-electron chi connectivity index (χ4n) is 1.37. The average molecular weight is 271 g/mol. The minimum absolute atomic E-state index is 0.274. The summed E-state index contributed by atoms with van der Waals surface area (Å²) in [6.45, 7) is 0. The van der Waals surface area contributed by atoms with Gasteiger partial charge >= 0.3 is 5.97 Å². The molecule has 0 fully saturated rings. The van der Waals surface area contributed by atoms with E-state index in [2.05, 4.69) is 0 Å². The minimum Gasteiger partial charge on any atom is -0.481 e. The molecule has 7 heteroatoms. The lowest BCUT2D eigenvalue weighted by molar-refractivity contribution is -0.138. The van der Waals surface area contributed by atoms with Crippen molar-refractivity contribution in [1.29, 1.82) is 0 Å². The Morgan fingerprint density at radius 1 is 1.33 bits per heavy atom. The van der Waals surface area contributed by atoms with Crippen LogP contribution in [0.4, 0.5) is 0 Å². The van der Waals surface area contributed by atoms with Crippen molar-refractivity contribution < 1.29 is 23.1 Å². The van der Waals surface area contributed by atoms with Crippen LogP contribution in [0.5, 0.6) is 0 Å². The molecule has 0 aliphatic rings. The number of sulfonamides is 1. The molecule has 1 atom stereocenters. The van der Waals surface area contributed by atoms with Crippen molar-refractivity contribution in [1.82, 2.24) is 4.72 Å². The third-order valence-electron chi connectivity index (χ3n) is 2.09. The van der Waals surface area contributed by atoms with E-state index in [1.807, 2.05) is 4.72 Å². The van der Waals surface area contributed by atoms with Crippen molar-refractivity contribution in [2.24, 2.45) is 0 Å². The first kappa shape index (κ1) is 14.3. The number of carbonyl (C=O) groups is 2. The van der Waals surface area contributed by atoms with E-state index < -0.39 is 28.5 Å². The van der Waals surface area contributed by atoms with E-state index >= 15 is 0 Å². The number of nitrogens with one attached hydrogen (secondary N) is 1. The first-order valence-corrected chi connectivity index (χ1v) is 6.79. The Labute approximate surface area is 105 Å². The van der Waals surface area contributed by atoms with Gasteiger partial charge in [0.1, 0.15) is 6.29 Å². The molecule has 0 unspecified atom stereocenters. The van der Waals surface area contributed by atoms with E-state index in [0.717, 1.165) is 0 Å². The average Bonchev–Trinajstić information content (AvgIpc) is 2.27. The molecule has 0 spiro atoms. The van der Waals surface area contributed by atoms with Crippen LogP contribution in [0.1, 0.15) is 12.0 Å². The predicted molar refractivity (Wildman–Crippen MR) is 64.3 cm³/mol. The fraction of sp³-hybridized carbons (Fsp3) is 0.273. The second-order valence-electron chi connectivity index (χ2n) is 3.70. The van der Waals surface area contributed by atoms with Crippen molar-refractivity contribution in [3.63, 3.8) is 0 Å². The Morgan fingerprint density at radius 3 is 2.44 bits per heavy atom. The number of hydrogen-bond acceptors (Lipinski definition) is 4. The molecule has 1 aromatic carbocycles. The van der Waals surface area contributed by atoms with Gasteiger partial charge in [0, 0.05) is 0 Å². The van der Waals surface area contributed by atoms with Crippen LogP contribution in [0, 0.1) is 0 Å². The summed E-state index contributed by atoms with van der Waals surface area (Å²) in [5, 5.41) is 8.51. The molecule has 0 radical (unpaired) electrons. The maximum absolute atomic E-state index is 11.7. The largest absolute Gasteiger partial charge is 0.481 e. The second kappa shape index (κ2) is 6.27. The maximum Gasteiger partial charge on any atom is 0.305 e. The van der Waals surface area contributed by atoms with Gasteiger partial charge in [-0.15, -0.1) is 0 Å².